The number of rotatable bonds is 1. The zero-order valence-corrected chi connectivity index (χ0v) is 6.80. The smallest absolute Gasteiger partial charge is 0.141 e. The molecule has 2 rings (SSSR count). The van der Waals surface area contributed by atoms with Crippen LogP contribution in [0.3, 0.4) is 0 Å². The van der Waals surface area contributed by atoms with Gasteiger partial charge in [-0.05, 0) is 30.9 Å². The molecule has 3 heteroatoms. The summed E-state index contributed by atoms with van der Waals surface area (Å²) in [5.41, 5.74) is 8.38. The standard InChI is InChI=1S/C9H11N3/c10-9(11)8-5-4-6-2-1-3-7(6)12-8/h4-5H,1-3H2,(H3,10,11). The molecule has 0 atom stereocenters. The molecule has 0 amide bonds. The molecule has 1 heterocycles. The Balaban J connectivity index is 2.45. The molecule has 1 aliphatic carbocycles. The number of hydrogen-bond acceptors (Lipinski definition) is 2. The van der Waals surface area contributed by atoms with E-state index in [9.17, 15) is 0 Å². The molecule has 3 nitrogen and oxygen atoms in total. The van der Waals surface area contributed by atoms with Crippen LogP contribution in [0.15, 0.2) is 12.1 Å². The molecule has 62 valence electrons. The molecule has 0 saturated carbocycles. The molecule has 0 spiro atoms. The minimum atomic E-state index is 0.0599. The molecule has 3 N–H and O–H groups in total. The van der Waals surface area contributed by atoms with Crippen LogP contribution >= 0.6 is 0 Å². The summed E-state index contributed by atoms with van der Waals surface area (Å²) in [7, 11) is 0. The predicted octanol–water partition coefficient (Wildman–Crippen LogP) is 0.854. The molecule has 0 aromatic carbocycles. The van der Waals surface area contributed by atoms with Gasteiger partial charge in [-0.1, -0.05) is 6.07 Å². The van der Waals surface area contributed by atoms with E-state index >= 15 is 0 Å². The second kappa shape index (κ2) is 2.59. The highest BCUT2D eigenvalue weighted by Gasteiger charge is 2.12. The van der Waals surface area contributed by atoms with Crippen LogP contribution < -0.4 is 5.73 Å². The minimum Gasteiger partial charge on any atom is -0.382 e. The molecule has 1 aromatic rings. The number of aromatic nitrogens is 1. The SMILES string of the molecule is N=C(N)c1ccc2c(n1)CCC2. The monoisotopic (exact) mass is 161 g/mol. The molecule has 0 radical (unpaired) electrons. The summed E-state index contributed by atoms with van der Waals surface area (Å²) >= 11 is 0. The van der Waals surface area contributed by atoms with Gasteiger partial charge in [0, 0.05) is 5.69 Å². The van der Waals surface area contributed by atoms with Crippen LogP contribution in [0.1, 0.15) is 23.4 Å². The molecular formula is C9H11N3. The molecular weight excluding hydrogens is 150 g/mol. The lowest BCUT2D eigenvalue weighted by Crippen LogP contribution is -2.13. The summed E-state index contributed by atoms with van der Waals surface area (Å²) in [6.45, 7) is 0. The lowest BCUT2D eigenvalue weighted by atomic mass is 10.2. The Hall–Kier alpha value is -1.38. The quantitative estimate of drug-likeness (QED) is 0.474. The lowest BCUT2D eigenvalue weighted by Gasteiger charge is -2.00. The third kappa shape index (κ3) is 1.07. The second-order valence-corrected chi connectivity index (χ2v) is 3.07. The van der Waals surface area contributed by atoms with E-state index in [0.717, 1.165) is 18.5 Å². The van der Waals surface area contributed by atoms with Crippen LogP contribution in [-0.4, -0.2) is 10.8 Å². The summed E-state index contributed by atoms with van der Waals surface area (Å²) in [5, 5.41) is 7.21. The van der Waals surface area contributed by atoms with Crippen molar-refractivity contribution >= 4 is 5.84 Å². The first kappa shape index (κ1) is 7.28. The molecule has 1 aromatic heterocycles. The first-order chi connectivity index (χ1) is 5.77. The van der Waals surface area contributed by atoms with E-state index in [1.54, 1.807) is 0 Å². The van der Waals surface area contributed by atoms with Gasteiger partial charge in [0.2, 0.25) is 0 Å². The van der Waals surface area contributed by atoms with Crippen molar-refractivity contribution in [1.82, 2.24) is 4.98 Å². The summed E-state index contributed by atoms with van der Waals surface area (Å²) in [6.07, 6.45) is 3.35. The van der Waals surface area contributed by atoms with Gasteiger partial charge in [-0.15, -0.1) is 0 Å². The van der Waals surface area contributed by atoms with Crippen molar-refractivity contribution in [2.24, 2.45) is 5.73 Å². The zero-order chi connectivity index (χ0) is 8.55. The van der Waals surface area contributed by atoms with E-state index in [0.29, 0.717) is 5.69 Å². The second-order valence-electron chi connectivity index (χ2n) is 3.07. The van der Waals surface area contributed by atoms with Crippen molar-refractivity contribution in [2.75, 3.05) is 0 Å². The average Bonchev–Trinajstić information content (AvgIpc) is 2.49. The number of hydrogen-bond donors (Lipinski definition) is 2. The highest BCUT2D eigenvalue weighted by atomic mass is 14.8. The fourth-order valence-corrected chi connectivity index (χ4v) is 1.57. The van der Waals surface area contributed by atoms with Crippen molar-refractivity contribution in [3.63, 3.8) is 0 Å². The maximum Gasteiger partial charge on any atom is 0.141 e. The van der Waals surface area contributed by atoms with Crippen LogP contribution in [0.25, 0.3) is 0 Å². The van der Waals surface area contributed by atoms with Crippen molar-refractivity contribution < 1.29 is 0 Å². The Morgan fingerprint density at radius 3 is 3.00 bits per heavy atom. The number of pyridine rings is 1. The fraction of sp³-hybridized carbons (Fsp3) is 0.333. The molecule has 0 unspecified atom stereocenters. The van der Waals surface area contributed by atoms with E-state index in [-0.39, 0.29) is 5.84 Å². The Kier molecular flexibility index (Phi) is 1.57. The Bertz CT molecular complexity index is 331. The Morgan fingerprint density at radius 1 is 1.42 bits per heavy atom. The summed E-state index contributed by atoms with van der Waals surface area (Å²) in [4.78, 5) is 4.30. The normalized spacial score (nSPS) is 14.3. The summed E-state index contributed by atoms with van der Waals surface area (Å²) < 4.78 is 0. The predicted molar refractivity (Wildman–Crippen MR) is 47.3 cm³/mol. The van der Waals surface area contributed by atoms with Gasteiger partial charge in [0.15, 0.2) is 0 Å². The highest BCUT2D eigenvalue weighted by molar-refractivity contribution is 5.93. The van der Waals surface area contributed by atoms with E-state index in [1.807, 2.05) is 12.1 Å². The number of nitrogen functional groups attached to an aromatic ring is 1. The third-order valence-electron chi connectivity index (χ3n) is 2.20. The topological polar surface area (TPSA) is 62.8 Å². The van der Waals surface area contributed by atoms with Crippen molar-refractivity contribution in [3.8, 4) is 0 Å². The van der Waals surface area contributed by atoms with Crippen LogP contribution in [-0.2, 0) is 12.8 Å². The number of fused-ring (bicyclic) bond motifs is 1. The largest absolute Gasteiger partial charge is 0.382 e. The number of nitrogens with zero attached hydrogens (tertiary/aromatic N) is 1. The van der Waals surface area contributed by atoms with Gasteiger partial charge in [-0.3, -0.25) is 5.41 Å². The Labute approximate surface area is 71.1 Å². The number of nitrogens with two attached hydrogens (primary N) is 1. The molecule has 0 bridgehead atoms. The zero-order valence-electron chi connectivity index (χ0n) is 6.80. The van der Waals surface area contributed by atoms with Crippen LogP contribution in [0.4, 0.5) is 0 Å². The minimum absolute atomic E-state index is 0.0599. The van der Waals surface area contributed by atoms with Gasteiger partial charge in [-0.25, -0.2) is 4.98 Å². The van der Waals surface area contributed by atoms with Gasteiger partial charge >= 0.3 is 0 Å². The fourth-order valence-electron chi connectivity index (χ4n) is 1.57. The van der Waals surface area contributed by atoms with Crippen molar-refractivity contribution in [2.45, 2.75) is 19.3 Å². The highest BCUT2D eigenvalue weighted by Crippen LogP contribution is 2.19. The first-order valence-electron chi connectivity index (χ1n) is 4.10. The van der Waals surface area contributed by atoms with Crippen LogP contribution in [0, 0.1) is 5.41 Å². The number of amidine groups is 1. The van der Waals surface area contributed by atoms with E-state index in [2.05, 4.69) is 4.98 Å². The van der Waals surface area contributed by atoms with E-state index in [1.165, 1.54) is 12.0 Å². The molecule has 12 heavy (non-hydrogen) atoms. The van der Waals surface area contributed by atoms with E-state index < -0.39 is 0 Å². The van der Waals surface area contributed by atoms with Gasteiger partial charge in [0.05, 0.1) is 0 Å². The van der Waals surface area contributed by atoms with Crippen LogP contribution in [0.2, 0.25) is 0 Å². The van der Waals surface area contributed by atoms with Crippen molar-refractivity contribution in [1.29, 1.82) is 5.41 Å². The van der Waals surface area contributed by atoms with Gasteiger partial charge < -0.3 is 5.73 Å². The molecule has 1 aliphatic rings. The van der Waals surface area contributed by atoms with Gasteiger partial charge in [-0.2, -0.15) is 0 Å². The third-order valence-corrected chi connectivity index (χ3v) is 2.20. The maximum absolute atomic E-state index is 7.21. The van der Waals surface area contributed by atoms with Crippen LogP contribution in [0.5, 0.6) is 0 Å². The van der Waals surface area contributed by atoms with E-state index in [4.69, 9.17) is 11.1 Å². The maximum atomic E-state index is 7.21. The number of aryl methyl sites for hydroxylation is 2. The first-order valence-corrected chi connectivity index (χ1v) is 4.10. The molecule has 0 aliphatic heterocycles. The van der Waals surface area contributed by atoms with Gasteiger partial charge in [0.1, 0.15) is 11.5 Å². The van der Waals surface area contributed by atoms with Gasteiger partial charge in [0.25, 0.3) is 0 Å². The van der Waals surface area contributed by atoms with Crippen molar-refractivity contribution in [3.05, 3.63) is 29.1 Å². The number of nitrogens with one attached hydrogen (secondary N) is 1. The molecule has 0 fully saturated rings. The Morgan fingerprint density at radius 2 is 2.25 bits per heavy atom. The average molecular weight is 161 g/mol. The lowest BCUT2D eigenvalue weighted by molar-refractivity contribution is 0.898. The summed E-state index contributed by atoms with van der Waals surface area (Å²) in [5.74, 6) is 0.0599. The molecule has 0 saturated heterocycles. The summed E-state index contributed by atoms with van der Waals surface area (Å²) in [6, 6.07) is 3.86.